The number of hydrogen-bond acceptors (Lipinski definition) is 6. The molecule has 0 spiro atoms. The van der Waals surface area contributed by atoms with E-state index in [0.29, 0.717) is 0 Å². The van der Waals surface area contributed by atoms with Crippen LogP contribution in [0.1, 0.15) is 21.7 Å². The first-order valence-electron chi connectivity index (χ1n) is 7.43. The molecule has 1 amide bonds. The lowest BCUT2D eigenvalue weighted by molar-refractivity contribution is -0.137. The van der Waals surface area contributed by atoms with Crippen molar-refractivity contribution in [1.82, 2.24) is 35.0 Å². The Kier molecular flexibility index (Phi) is 3.47. The van der Waals surface area contributed by atoms with Gasteiger partial charge in [-0.1, -0.05) is 5.10 Å². The van der Waals surface area contributed by atoms with E-state index in [1.807, 2.05) is 0 Å². The maximum absolute atomic E-state index is 12.9. The summed E-state index contributed by atoms with van der Waals surface area (Å²) in [5.41, 5.74) is -1.37. The molecule has 4 aromatic rings. The number of nitrogens with one attached hydrogen (secondary N) is 3. The molecule has 0 saturated carbocycles. The average Bonchev–Trinajstić information content (AvgIpc) is 3.22. The van der Waals surface area contributed by atoms with E-state index in [1.54, 1.807) is 0 Å². The van der Waals surface area contributed by atoms with E-state index in [9.17, 15) is 22.8 Å². The summed E-state index contributed by atoms with van der Waals surface area (Å²) in [6.45, 7) is 1.52. The Morgan fingerprint density at radius 2 is 2.07 bits per heavy atom. The fourth-order valence-corrected chi connectivity index (χ4v) is 2.72. The summed E-state index contributed by atoms with van der Waals surface area (Å²) < 4.78 is 40.1. The highest BCUT2D eigenvalue weighted by Crippen LogP contribution is 2.31. The van der Waals surface area contributed by atoms with E-state index in [2.05, 4.69) is 35.9 Å². The number of aromatic nitrogens is 7. The van der Waals surface area contributed by atoms with Gasteiger partial charge in [-0.2, -0.15) is 18.4 Å². The summed E-state index contributed by atoms with van der Waals surface area (Å²) in [6.07, 6.45) is -4.56. The Balaban J connectivity index is 1.91. The van der Waals surface area contributed by atoms with Crippen LogP contribution in [0.25, 0.3) is 16.7 Å². The van der Waals surface area contributed by atoms with Gasteiger partial charge in [-0.3, -0.25) is 19.3 Å². The zero-order valence-electron chi connectivity index (χ0n) is 13.4. The van der Waals surface area contributed by atoms with Crippen molar-refractivity contribution in [1.29, 1.82) is 0 Å². The molecule has 0 bridgehead atoms. The molecule has 0 saturated heterocycles. The van der Waals surface area contributed by atoms with Crippen molar-refractivity contribution in [2.24, 2.45) is 0 Å². The summed E-state index contributed by atoms with van der Waals surface area (Å²) in [4.78, 5) is 31.0. The van der Waals surface area contributed by atoms with Gasteiger partial charge < -0.3 is 4.98 Å². The van der Waals surface area contributed by atoms with Crippen LogP contribution in [-0.4, -0.2) is 40.9 Å². The average molecular weight is 378 g/mol. The second kappa shape index (κ2) is 5.62. The number of aryl methyl sites for hydroxylation is 1. The molecule has 1 aromatic carbocycles. The molecule has 10 nitrogen and oxygen atoms in total. The van der Waals surface area contributed by atoms with Crippen LogP contribution >= 0.6 is 0 Å². The molecule has 0 aliphatic carbocycles. The van der Waals surface area contributed by atoms with Gasteiger partial charge in [0.2, 0.25) is 5.65 Å². The predicted octanol–water partition coefficient (Wildman–Crippen LogP) is 1.27. The van der Waals surface area contributed by atoms with Crippen LogP contribution < -0.4 is 10.9 Å². The third-order valence-electron chi connectivity index (χ3n) is 3.91. The van der Waals surface area contributed by atoms with E-state index in [-0.39, 0.29) is 34.0 Å². The third kappa shape index (κ3) is 2.68. The van der Waals surface area contributed by atoms with Crippen molar-refractivity contribution in [2.45, 2.75) is 13.1 Å². The van der Waals surface area contributed by atoms with Crippen LogP contribution in [0.2, 0.25) is 0 Å². The maximum atomic E-state index is 12.9. The molecule has 0 radical (unpaired) electrons. The number of imidazole rings is 1. The van der Waals surface area contributed by atoms with Gasteiger partial charge in [0, 0.05) is 0 Å². The number of hydrogen-bond donors (Lipinski definition) is 3. The molecular formula is C14H9F3N8O2. The molecule has 0 fully saturated rings. The lowest BCUT2D eigenvalue weighted by Gasteiger charge is -2.09. The van der Waals surface area contributed by atoms with Gasteiger partial charge >= 0.3 is 6.18 Å². The van der Waals surface area contributed by atoms with E-state index in [1.165, 1.54) is 17.4 Å². The summed E-state index contributed by atoms with van der Waals surface area (Å²) in [6, 6.07) is 2.92. The fraction of sp³-hybridized carbons (Fsp3) is 0.143. The molecule has 0 unspecified atom stereocenters. The SMILES string of the molecule is Cc1c(C(=O)Nc2nn[nH]n2)nc2c(=O)[nH]c3cc(C(F)(F)F)ccc3n12. The van der Waals surface area contributed by atoms with Gasteiger partial charge in [-0.05, 0) is 30.3 Å². The number of nitrogens with zero attached hydrogens (tertiary/aromatic N) is 5. The largest absolute Gasteiger partial charge is 0.416 e. The fourth-order valence-electron chi connectivity index (χ4n) is 2.72. The molecule has 3 heterocycles. The van der Waals surface area contributed by atoms with Crippen LogP contribution in [0.15, 0.2) is 23.0 Å². The second-order valence-electron chi connectivity index (χ2n) is 5.58. The second-order valence-corrected chi connectivity index (χ2v) is 5.58. The Labute approximate surface area is 146 Å². The smallest absolute Gasteiger partial charge is 0.317 e. The Morgan fingerprint density at radius 1 is 1.30 bits per heavy atom. The summed E-state index contributed by atoms with van der Waals surface area (Å²) in [7, 11) is 0. The van der Waals surface area contributed by atoms with Crippen molar-refractivity contribution < 1.29 is 18.0 Å². The number of aromatic amines is 2. The Hall–Kier alpha value is -3.77. The van der Waals surface area contributed by atoms with Crippen LogP contribution in [0.5, 0.6) is 0 Å². The summed E-state index contributed by atoms with van der Waals surface area (Å²) in [5, 5.41) is 15.0. The predicted molar refractivity (Wildman–Crippen MR) is 85.2 cm³/mol. The molecule has 0 atom stereocenters. The number of carbonyl (C=O) groups is 1. The molecule has 4 rings (SSSR count). The number of H-pyrrole nitrogens is 2. The van der Waals surface area contributed by atoms with Gasteiger partial charge in [0.15, 0.2) is 5.69 Å². The zero-order valence-corrected chi connectivity index (χ0v) is 13.4. The molecule has 27 heavy (non-hydrogen) atoms. The number of carbonyl (C=O) groups excluding carboxylic acids is 1. The van der Waals surface area contributed by atoms with Gasteiger partial charge in [0.1, 0.15) is 0 Å². The number of amides is 1. The molecule has 138 valence electrons. The van der Waals surface area contributed by atoms with Crippen molar-refractivity contribution in [3.8, 4) is 0 Å². The van der Waals surface area contributed by atoms with Crippen LogP contribution in [0.3, 0.4) is 0 Å². The third-order valence-corrected chi connectivity index (χ3v) is 3.91. The monoisotopic (exact) mass is 378 g/mol. The van der Waals surface area contributed by atoms with Gasteiger partial charge in [0.25, 0.3) is 17.4 Å². The van der Waals surface area contributed by atoms with E-state index in [0.717, 1.165) is 12.1 Å². The first-order chi connectivity index (χ1) is 12.8. The van der Waals surface area contributed by atoms with E-state index in [4.69, 9.17) is 0 Å². The molecule has 0 aliphatic rings. The highest BCUT2D eigenvalue weighted by atomic mass is 19.4. The molecule has 13 heteroatoms. The highest BCUT2D eigenvalue weighted by molar-refractivity contribution is 6.03. The number of rotatable bonds is 2. The topological polar surface area (TPSA) is 134 Å². The van der Waals surface area contributed by atoms with Crippen LogP contribution in [0.4, 0.5) is 19.1 Å². The van der Waals surface area contributed by atoms with Crippen molar-refractivity contribution in [3.63, 3.8) is 0 Å². The number of tetrazole rings is 1. The number of halogens is 3. The number of benzene rings is 1. The minimum absolute atomic E-state index is 0.0343. The molecular weight excluding hydrogens is 369 g/mol. The van der Waals surface area contributed by atoms with E-state index < -0.39 is 23.2 Å². The highest BCUT2D eigenvalue weighted by Gasteiger charge is 2.31. The quantitative estimate of drug-likeness (QED) is 0.481. The van der Waals surface area contributed by atoms with Crippen LogP contribution in [0, 0.1) is 6.92 Å². The Bertz CT molecular complexity index is 1240. The van der Waals surface area contributed by atoms with Crippen molar-refractivity contribution in [3.05, 3.63) is 45.5 Å². The van der Waals surface area contributed by atoms with Crippen molar-refractivity contribution >= 4 is 28.5 Å². The first kappa shape index (κ1) is 16.7. The normalized spacial score (nSPS) is 12.0. The van der Waals surface area contributed by atoms with Gasteiger partial charge in [-0.15, -0.1) is 5.10 Å². The maximum Gasteiger partial charge on any atom is 0.416 e. The number of fused-ring (bicyclic) bond motifs is 3. The standard InChI is InChI=1S/C14H9F3N8O2/c1-5-9(11(26)20-13-21-23-24-22-13)19-10-12(27)18-7-4-6(14(15,16)17)2-3-8(7)25(5)10/h2-4H,1H3,(H,18,27)(H2,20,21,22,23,24,26). The molecule has 3 N–H and O–H groups in total. The molecule has 0 aliphatic heterocycles. The number of alkyl halides is 3. The summed E-state index contributed by atoms with van der Waals surface area (Å²) in [5.74, 6) is -0.790. The molecule has 3 aromatic heterocycles. The van der Waals surface area contributed by atoms with Gasteiger partial charge in [-0.25, -0.2) is 4.98 Å². The van der Waals surface area contributed by atoms with Crippen molar-refractivity contribution in [2.75, 3.05) is 5.32 Å². The lowest BCUT2D eigenvalue weighted by atomic mass is 10.2. The first-order valence-corrected chi connectivity index (χ1v) is 7.43. The Morgan fingerprint density at radius 3 is 2.74 bits per heavy atom. The van der Waals surface area contributed by atoms with Crippen LogP contribution in [-0.2, 0) is 6.18 Å². The van der Waals surface area contributed by atoms with E-state index >= 15 is 0 Å². The minimum Gasteiger partial charge on any atom is -0.317 e. The summed E-state index contributed by atoms with van der Waals surface area (Å²) >= 11 is 0. The van der Waals surface area contributed by atoms with Gasteiger partial charge in [0.05, 0.1) is 22.3 Å². The zero-order chi connectivity index (χ0) is 19.3. The minimum atomic E-state index is -4.56. The lowest BCUT2D eigenvalue weighted by Crippen LogP contribution is -2.15. The number of anilines is 1.